The topological polar surface area (TPSA) is 43.1 Å². The van der Waals surface area contributed by atoms with E-state index in [-0.39, 0.29) is 5.78 Å². The summed E-state index contributed by atoms with van der Waals surface area (Å²) in [5.74, 6) is 1.66. The Morgan fingerprint density at radius 2 is 2.00 bits per heavy atom. The maximum atomic E-state index is 10.7. The summed E-state index contributed by atoms with van der Waals surface area (Å²) in [4.78, 5) is 10.7. The van der Waals surface area contributed by atoms with Crippen molar-refractivity contribution in [3.63, 3.8) is 0 Å². The molecule has 1 aromatic carbocycles. The molecule has 0 aliphatic rings. The number of nitrogens with two attached hydrogens (primary N) is 1. The molecule has 0 unspecified atom stereocenters. The van der Waals surface area contributed by atoms with Crippen molar-refractivity contribution in [2.45, 2.75) is 0 Å². The van der Waals surface area contributed by atoms with Gasteiger partial charge in [-0.1, -0.05) is 18.2 Å². The molecule has 2 nitrogen and oxygen atoms in total. The van der Waals surface area contributed by atoms with Crippen LogP contribution in [-0.2, 0) is 4.79 Å². The Morgan fingerprint density at radius 3 is 2.54 bits per heavy atom. The summed E-state index contributed by atoms with van der Waals surface area (Å²) in [7, 11) is 0. The first kappa shape index (κ1) is 9.08. The minimum absolute atomic E-state index is 0.336. The molecule has 1 rings (SSSR count). The molecule has 2 heteroatoms. The van der Waals surface area contributed by atoms with Crippen molar-refractivity contribution >= 4 is 17.5 Å². The molecule has 0 bridgehead atoms. The number of terminal acetylenes is 1. The number of rotatable bonds is 2. The molecule has 1 aromatic rings. The number of hydrogen-bond donors (Lipinski definition) is 1. The predicted molar refractivity (Wildman–Crippen MR) is 53.7 cm³/mol. The van der Waals surface area contributed by atoms with E-state index in [1.165, 1.54) is 6.08 Å². The molecule has 0 spiro atoms. The Kier molecular flexibility index (Phi) is 2.88. The van der Waals surface area contributed by atoms with E-state index < -0.39 is 0 Å². The molecular weight excluding hydrogens is 162 g/mol. The van der Waals surface area contributed by atoms with Gasteiger partial charge in [-0.3, -0.25) is 4.79 Å². The molecule has 0 atom stereocenters. The molecular formula is C11H9NO. The molecule has 2 N–H and O–H groups in total. The second-order valence-electron chi connectivity index (χ2n) is 2.51. The summed E-state index contributed by atoms with van der Waals surface area (Å²) >= 11 is 0. The average Bonchev–Trinajstić information content (AvgIpc) is 2.16. The third kappa shape index (κ3) is 2.84. The van der Waals surface area contributed by atoms with E-state index in [0.717, 1.165) is 5.56 Å². The highest BCUT2D eigenvalue weighted by molar-refractivity contribution is 6.06. The van der Waals surface area contributed by atoms with E-state index in [1.807, 2.05) is 18.1 Å². The molecule has 0 saturated heterocycles. The van der Waals surface area contributed by atoms with Gasteiger partial charge in [0.15, 0.2) is 0 Å². The first-order valence-corrected chi connectivity index (χ1v) is 3.76. The number of ketones is 1. The van der Waals surface area contributed by atoms with E-state index in [9.17, 15) is 4.79 Å². The van der Waals surface area contributed by atoms with Crippen molar-refractivity contribution in [2.24, 2.45) is 0 Å². The fraction of sp³-hybridized carbons (Fsp3) is 0. The quantitative estimate of drug-likeness (QED) is 0.317. The van der Waals surface area contributed by atoms with Gasteiger partial charge in [-0.15, -0.1) is 6.42 Å². The van der Waals surface area contributed by atoms with Crippen LogP contribution in [0.3, 0.4) is 0 Å². The highest BCUT2D eigenvalue weighted by atomic mass is 16.1. The molecule has 0 aliphatic carbocycles. The van der Waals surface area contributed by atoms with Crippen molar-refractivity contribution in [1.29, 1.82) is 0 Å². The van der Waals surface area contributed by atoms with Gasteiger partial charge >= 0.3 is 0 Å². The largest absolute Gasteiger partial charge is 0.399 e. The van der Waals surface area contributed by atoms with Crippen LogP contribution in [0.15, 0.2) is 30.3 Å². The van der Waals surface area contributed by atoms with E-state index >= 15 is 0 Å². The van der Waals surface area contributed by atoms with Gasteiger partial charge in [0.05, 0.1) is 0 Å². The number of hydrogen-bond acceptors (Lipinski definition) is 2. The predicted octanol–water partition coefficient (Wildman–Crippen LogP) is 1.48. The van der Waals surface area contributed by atoms with Crippen LogP contribution in [0.5, 0.6) is 0 Å². The highest BCUT2D eigenvalue weighted by Gasteiger charge is 1.89. The summed E-state index contributed by atoms with van der Waals surface area (Å²) in [5, 5.41) is 0. The van der Waals surface area contributed by atoms with Gasteiger partial charge in [0.2, 0.25) is 5.78 Å². The monoisotopic (exact) mass is 171 g/mol. The Hall–Kier alpha value is -2.01. The van der Waals surface area contributed by atoms with Crippen LogP contribution in [0.25, 0.3) is 6.08 Å². The summed E-state index contributed by atoms with van der Waals surface area (Å²) in [6.07, 6.45) is 7.90. The first-order chi connectivity index (χ1) is 6.22. The van der Waals surface area contributed by atoms with Crippen molar-refractivity contribution in [3.8, 4) is 12.3 Å². The van der Waals surface area contributed by atoms with Gasteiger partial charge in [0, 0.05) is 5.69 Å². The maximum Gasteiger partial charge on any atom is 0.228 e. The Bertz CT molecular complexity index is 368. The van der Waals surface area contributed by atoms with Crippen molar-refractivity contribution in [1.82, 2.24) is 0 Å². The molecule has 0 fully saturated rings. The number of allylic oxidation sites excluding steroid dienone is 1. The van der Waals surface area contributed by atoms with E-state index in [4.69, 9.17) is 12.2 Å². The SMILES string of the molecule is C#CC(=O)/C=C/c1ccc(N)cc1. The standard InChI is InChI=1S/C11H9NO/c1-2-11(13)8-5-9-3-6-10(12)7-4-9/h1,3-8H,12H2/b8-5+. The third-order valence-corrected chi connectivity index (χ3v) is 1.51. The van der Waals surface area contributed by atoms with Crippen LogP contribution in [-0.4, -0.2) is 5.78 Å². The lowest BCUT2D eigenvalue weighted by Gasteiger charge is -1.93. The zero-order valence-corrected chi connectivity index (χ0v) is 7.03. The lowest BCUT2D eigenvalue weighted by Crippen LogP contribution is -1.85. The van der Waals surface area contributed by atoms with Gasteiger partial charge < -0.3 is 5.73 Å². The van der Waals surface area contributed by atoms with E-state index in [1.54, 1.807) is 18.2 Å². The number of carbonyl (C=O) groups is 1. The fourth-order valence-electron chi connectivity index (χ4n) is 0.827. The van der Waals surface area contributed by atoms with Crippen LogP contribution < -0.4 is 5.73 Å². The summed E-state index contributed by atoms with van der Waals surface area (Å²) < 4.78 is 0. The zero-order chi connectivity index (χ0) is 9.68. The minimum Gasteiger partial charge on any atom is -0.399 e. The summed E-state index contributed by atoms with van der Waals surface area (Å²) in [5.41, 5.74) is 7.08. The third-order valence-electron chi connectivity index (χ3n) is 1.51. The van der Waals surface area contributed by atoms with Crippen molar-refractivity contribution < 1.29 is 4.79 Å². The minimum atomic E-state index is -0.336. The highest BCUT2D eigenvalue weighted by Crippen LogP contribution is 2.06. The number of benzene rings is 1. The molecule has 0 aromatic heterocycles. The van der Waals surface area contributed by atoms with Crippen LogP contribution in [0.1, 0.15) is 5.56 Å². The van der Waals surface area contributed by atoms with Crippen LogP contribution in [0.2, 0.25) is 0 Å². The Morgan fingerprint density at radius 1 is 1.38 bits per heavy atom. The molecule has 13 heavy (non-hydrogen) atoms. The number of nitrogen functional groups attached to an aromatic ring is 1. The van der Waals surface area contributed by atoms with Crippen molar-refractivity contribution in [2.75, 3.05) is 5.73 Å². The zero-order valence-electron chi connectivity index (χ0n) is 7.03. The first-order valence-electron chi connectivity index (χ1n) is 3.76. The normalized spacial score (nSPS) is 9.77. The number of anilines is 1. The van der Waals surface area contributed by atoms with Crippen LogP contribution in [0, 0.1) is 12.3 Å². The van der Waals surface area contributed by atoms with Crippen LogP contribution in [0.4, 0.5) is 5.69 Å². The smallest absolute Gasteiger partial charge is 0.228 e. The molecule has 0 amide bonds. The Balaban J connectivity index is 2.76. The average molecular weight is 171 g/mol. The van der Waals surface area contributed by atoms with Crippen molar-refractivity contribution in [3.05, 3.63) is 35.9 Å². The van der Waals surface area contributed by atoms with E-state index in [0.29, 0.717) is 5.69 Å². The number of carbonyl (C=O) groups excluding carboxylic acids is 1. The van der Waals surface area contributed by atoms with Gasteiger partial charge in [-0.05, 0) is 29.7 Å². The second kappa shape index (κ2) is 4.13. The molecule has 0 radical (unpaired) electrons. The van der Waals surface area contributed by atoms with Gasteiger partial charge in [0.25, 0.3) is 0 Å². The molecule has 64 valence electrons. The molecule has 0 saturated carbocycles. The maximum absolute atomic E-state index is 10.7. The van der Waals surface area contributed by atoms with Gasteiger partial charge in [-0.25, -0.2) is 0 Å². The van der Waals surface area contributed by atoms with E-state index in [2.05, 4.69) is 0 Å². The summed E-state index contributed by atoms with van der Waals surface area (Å²) in [6, 6.07) is 7.16. The molecule has 0 heterocycles. The Labute approximate surface area is 77.1 Å². The van der Waals surface area contributed by atoms with Gasteiger partial charge in [0.1, 0.15) is 0 Å². The summed E-state index contributed by atoms with van der Waals surface area (Å²) in [6.45, 7) is 0. The molecule has 0 aliphatic heterocycles. The van der Waals surface area contributed by atoms with Gasteiger partial charge in [-0.2, -0.15) is 0 Å². The van der Waals surface area contributed by atoms with Crippen LogP contribution >= 0.6 is 0 Å². The fourth-order valence-corrected chi connectivity index (χ4v) is 0.827. The second-order valence-corrected chi connectivity index (χ2v) is 2.51. The lowest BCUT2D eigenvalue weighted by molar-refractivity contribution is -0.109. The lowest BCUT2D eigenvalue weighted by atomic mass is 10.2.